The molecule has 2 rings (SSSR count). The van der Waals surface area contributed by atoms with E-state index in [4.69, 9.17) is 0 Å². The van der Waals surface area contributed by atoms with Gasteiger partial charge >= 0.3 is 0 Å². The molecule has 1 saturated heterocycles. The molecule has 1 heterocycles. The predicted molar refractivity (Wildman–Crippen MR) is 81.1 cm³/mol. The molecule has 0 aliphatic carbocycles. The van der Waals surface area contributed by atoms with Gasteiger partial charge in [0.1, 0.15) is 5.37 Å². The first-order chi connectivity index (χ1) is 9.09. The predicted octanol–water partition coefficient (Wildman–Crippen LogP) is 2.60. The fraction of sp³-hybridized carbons (Fsp3) is 0.533. The first-order valence-corrected chi connectivity index (χ1v) is 7.69. The van der Waals surface area contributed by atoms with Crippen molar-refractivity contribution in [3.63, 3.8) is 0 Å². The average molecular weight is 278 g/mol. The van der Waals surface area contributed by atoms with Gasteiger partial charge in [0.05, 0.1) is 5.25 Å². The number of carbonyl (C=O) groups excluding carboxylic acids is 1. The maximum atomic E-state index is 12.3. The second-order valence-electron chi connectivity index (χ2n) is 5.23. The summed E-state index contributed by atoms with van der Waals surface area (Å²) >= 11 is 1.76. The van der Waals surface area contributed by atoms with E-state index in [1.54, 1.807) is 11.8 Å². The molecule has 3 nitrogen and oxygen atoms in total. The summed E-state index contributed by atoms with van der Waals surface area (Å²) in [6.45, 7) is 3.87. The van der Waals surface area contributed by atoms with Crippen LogP contribution in [-0.4, -0.2) is 48.1 Å². The van der Waals surface area contributed by atoms with Gasteiger partial charge in [-0.05, 0) is 39.5 Å². The molecule has 1 aromatic rings. The van der Waals surface area contributed by atoms with Gasteiger partial charge in [0.15, 0.2) is 0 Å². The zero-order valence-corrected chi connectivity index (χ0v) is 12.7. The Morgan fingerprint density at radius 3 is 2.58 bits per heavy atom. The van der Waals surface area contributed by atoms with E-state index >= 15 is 0 Å². The Kier molecular flexibility index (Phi) is 4.88. The van der Waals surface area contributed by atoms with Gasteiger partial charge in [0.2, 0.25) is 5.91 Å². The minimum Gasteiger partial charge on any atom is -0.326 e. The highest BCUT2D eigenvalue weighted by Crippen LogP contribution is 2.42. The van der Waals surface area contributed by atoms with Crippen LogP contribution in [-0.2, 0) is 4.79 Å². The highest BCUT2D eigenvalue weighted by Gasteiger charge is 2.37. The Balaban J connectivity index is 2.06. The molecule has 1 aliphatic heterocycles. The molecule has 0 aromatic heterocycles. The van der Waals surface area contributed by atoms with Gasteiger partial charge in [-0.25, -0.2) is 0 Å². The van der Waals surface area contributed by atoms with Crippen LogP contribution in [0.2, 0.25) is 0 Å². The van der Waals surface area contributed by atoms with Crippen molar-refractivity contribution in [1.29, 1.82) is 0 Å². The zero-order chi connectivity index (χ0) is 13.8. The highest BCUT2D eigenvalue weighted by atomic mass is 32.2. The SMILES string of the molecule is CC1SC(c2ccccc2)N(CCCN(C)C)C1=O. The summed E-state index contributed by atoms with van der Waals surface area (Å²) in [7, 11) is 4.13. The average Bonchev–Trinajstić information content (AvgIpc) is 2.68. The molecular weight excluding hydrogens is 256 g/mol. The van der Waals surface area contributed by atoms with Gasteiger partial charge in [0, 0.05) is 6.54 Å². The number of rotatable bonds is 5. The number of hydrogen-bond acceptors (Lipinski definition) is 3. The molecule has 1 aromatic carbocycles. The van der Waals surface area contributed by atoms with Crippen molar-refractivity contribution in [3.8, 4) is 0 Å². The van der Waals surface area contributed by atoms with Gasteiger partial charge in [-0.2, -0.15) is 0 Å². The minimum atomic E-state index is 0.0737. The van der Waals surface area contributed by atoms with Gasteiger partial charge in [0.25, 0.3) is 0 Å². The van der Waals surface area contributed by atoms with Crippen molar-refractivity contribution < 1.29 is 4.79 Å². The Morgan fingerprint density at radius 1 is 1.26 bits per heavy atom. The molecule has 0 saturated carbocycles. The van der Waals surface area contributed by atoms with E-state index in [1.807, 2.05) is 30.0 Å². The Bertz CT molecular complexity index is 421. The smallest absolute Gasteiger partial charge is 0.236 e. The van der Waals surface area contributed by atoms with Gasteiger partial charge in [-0.1, -0.05) is 30.3 Å². The lowest BCUT2D eigenvalue weighted by molar-refractivity contribution is -0.129. The number of carbonyl (C=O) groups is 1. The topological polar surface area (TPSA) is 23.6 Å². The third-order valence-electron chi connectivity index (χ3n) is 3.34. The van der Waals surface area contributed by atoms with Crippen LogP contribution in [0.25, 0.3) is 0 Å². The number of nitrogens with zero attached hydrogens (tertiary/aromatic N) is 2. The van der Waals surface area contributed by atoms with Crippen LogP contribution in [0.4, 0.5) is 0 Å². The number of hydrogen-bond donors (Lipinski definition) is 0. The van der Waals surface area contributed by atoms with Crippen LogP contribution in [0, 0.1) is 0 Å². The molecule has 104 valence electrons. The van der Waals surface area contributed by atoms with Crippen molar-refractivity contribution in [3.05, 3.63) is 35.9 Å². The summed E-state index contributed by atoms with van der Waals surface area (Å²) in [6.07, 6.45) is 1.02. The monoisotopic (exact) mass is 278 g/mol. The summed E-state index contributed by atoms with van der Waals surface area (Å²) in [6, 6.07) is 10.3. The maximum Gasteiger partial charge on any atom is 0.236 e. The lowest BCUT2D eigenvalue weighted by Gasteiger charge is -2.24. The molecule has 1 aliphatic rings. The molecule has 2 atom stereocenters. The van der Waals surface area contributed by atoms with Crippen molar-refractivity contribution in [2.75, 3.05) is 27.2 Å². The summed E-state index contributed by atoms with van der Waals surface area (Å²) < 4.78 is 0. The fourth-order valence-electron chi connectivity index (χ4n) is 2.34. The molecule has 4 heteroatoms. The first kappa shape index (κ1) is 14.4. The number of benzene rings is 1. The first-order valence-electron chi connectivity index (χ1n) is 6.75. The molecule has 1 fully saturated rings. The molecule has 0 spiro atoms. The van der Waals surface area contributed by atoms with Gasteiger partial charge in [-0.15, -0.1) is 11.8 Å². The van der Waals surface area contributed by atoms with Crippen LogP contribution in [0.1, 0.15) is 24.3 Å². The van der Waals surface area contributed by atoms with Gasteiger partial charge < -0.3 is 9.80 Å². The molecule has 2 unspecified atom stereocenters. The van der Waals surface area contributed by atoms with Crippen LogP contribution in [0.3, 0.4) is 0 Å². The van der Waals surface area contributed by atoms with E-state index in [2.05, 4.69) is 31.1 Å². The van der Waals surface area contributed by atoms with Gasteiger partial charge in [-0.3, -0.25) is 4.79 Å². The standard InChI is InChI=1S/C15H22N2OS/c1-12-14(18)17(11-7-10-16(2)3)15(19-12)13-8-5-4-6-9-13/h4-6,8-9,12,15H,7,10-11H2,1-3H3. The quantitative estimate of drug-likeness (QED) is 0.827. The van der Waals surface area contributed by atoms with Crippen molar-refractivity contribution in [2.24, 2.45) is 0 Å². The molecule has 0 bridgehead atoms. The number of amides is 1. The van der Waals surface area contributed by atoms with E-state index in [9.17, 15) is 4.79 Å². The lowest BCUT2D eigenvalue weighted by atomic mass is 10.2. The van der Waals surface area contributed by atoms with Crippen LogP contribution < -0.4 is 0 Å². The van der Waals surface area contributed by atoms with E-state index in [-0.39, 0.29) is 16.5 Å². The third kappa shape index (κ3) is 3.51. The maximum absolute atomic E-state index is 12.3. The van der Waals surface area contributed by atoms with Crippen molar-refractivity contribution in [1.82, 2.24) is 9.80 Å². The molecule has 0 N–H and O–H groups in total. The van der Waals surface area contributed by atoms with Crippen molar-refractivity contribution in [2.45, 2.75) is 24.0 Å². The van der Waals surface area contributed by atoms with E-state index in [0.29, 0.717) is 0 Å². The van der Waals surface area contributed by atoms with Crippen molar-refractivity contribution >= 4 is 17.7 Å². The fourth-order valence-corrected chi connectivity index (χ4v) is 3.64. The summed E-state index contributed by atoms with van der Waals surface area (Å²) in [5.41, 5.74) is 1.23. The number of thioether (sulfide) groups is 1. The van der Waals surface area contributed by atoms with E-state index in [1.165, 1.54) is 5.56 Å². The Morgan fingerprint density at radius 2 is 1.95 bits per heavy atom. The van der Waals surface area contributed by atoms with Crippen LogP contribution in [0.15, 0.2) is 30.3 Å². The molecule has 1 amide bonds. The second kappa shape index (κ2) is 6.44. The van der Waals surface area contributed by atoms with Crippen LogP contribution >= 0.6 is 11.8 Å². The third-order valence-corrected chi connectivity index (χ3v) is 4.73. The Labute approximate surface area is 120 Å². The largest absolute Gasteiger partial charge is 0.326 e. The summed E-state index contributed by atoms with van der Waals surface area (Å²) in [5.74, 6) is 0.276. The zero-order valence-electron chi connectivity index (χ0n) is 11.9. The summed E-state index contributed by atoms with van der Waals surface area (Å²) in [5, 5.41) is 0.260. The van der Waals surface area contributed by atoms with E-state index < -0.39 is 0 Å². The molecule has 0 radical (unpaired) electrons. The second-order valence-corrected chi connectivity index (χ2v) is 6.66. The lowest BCUT2D eigenvalue weighted by Crippen LogP contribution is -2.32. The summed E-state index contributed by atoms with van der Waals surface area (Å²) in [4.78, 5) is 16.5. The normalized spacial score (nSPS) is 23.4. The Hall–Kier alpha value is -1.00. The van der Waals surface area contributed by atoms with Crippen LogP contribution in [0.5, 0.6) is 0 Å². The highest BCUT2D eigenvalue weighted by molar-refractivity contribution is 8.01. The minimum absolute atomic E-state index is 0.0737. The molecular formula is C15H22N2OS. The molecule has 19 heavy (non-hydrogen) atoms. The van der Waals surface area contributed by atoms with E-state index in [0.717, 1.165) is 19.5 Å².